The van der Waals surface area contributed by atoms with Crippen LogP contribution in [0.25, 0.3) is 0 Å². The molecule has 0 saturated heterocycles. The Morgan fingerprint density at radius 1 is 1.18 bits per heavy atom. The van der Waals surface area contributed by atoms with E-state index in [0.717, 1.165) is 0 Å². The van der Waals surface area contributed by atoms with Crippen molar-refractivity contribution >= 4 is 6.09 Å². The number of hydrogen-bond acceptors (Lipinski definition) is 4. The van der Waals surface area contributed by atoms with Crippen LogP contribution in [0.15, 0.2) is 0 Å². The van der Waals surface area contributed by atoms with Crippen molar-refractivity contribution in [3.8, 4) is 0 Å². The molecule has 8 heteroatoms. The zero-order valence-corrected chi connectivity index (χ0v) is 14.0. The monoisotopic (exact) mass is 328 g/mol. The number of ether oxygens (including phenoxy) is 1. The van der Waals surface area contributed by atoms with E-state index in [9.17, 15) is 18.0 Å². The molecule has 2 N–H and O–H groups in total. The fraction of sp³-hybridized carbons (Fsp3) is 0.929. The minimum atomic E-state index is -4.65. The van der Waals surface area contributed by atoms with Gasteiger partial charge in [0, 0.05) is 25.2 Å². The van der Waals surface area contributed by atoms with Crippen LogP contribution >= 0.6 is 0 Å². The fourth-order valence-corrected chi connectivity index (χ4v) is 1.56. The number of rotatable bonds is 5. The third kappa shape index (κ3) is 8.43. The standard InChI is InChI=1S/C14H27F3N2O3/c1-12(2,3)19(11(21)22-13(4,5)6)8-7-18-9-10(20)14(15,16)17/h10,18,20H,7-9H2,1-6H3. The van der Waals surface area contributed by atoms with Gasteiger partial charge >= 0.3 is 12.3 Å². The number of carbonyl (C=O) groups excluding carboxylic acids is 1. The van der Waals surface area contributed by atoms with Crippen LogP contribution in [-0.2, 0) is 4.74 Å². The molecule has 22 heavy (non-hydrogen) atoms. The molecule has 1 amide bonds. The highest BCUT2D eigenvalue weighted by Gasteiger charge is 2.37. The van der Waals surface area contributed by atoms with Gasteiger partial charge in [0.05, 0.1) is 0 Å². The van der Waals surface area contributed by atoms with Gasteiger partial charge in [0.25, 0.3) is 0 Å². The lowest BCUT2D eigenvalue weighted by Crippen LogP contribution is -2.51. The predicted octanol–water partition coefficient (Wildman–Crippen LogP) is 2.53. The van der Waals surface area contributed by atoms with E-state index in [1.165, 1.54) is 4.90 Å². The molecule has 0 rings (SSSR count). The smallest absolute Gasteiger partial charge is 0.415 e. The van der Waals surface area contributed by atoms with Crippen LogP contribution in [0.2, 0.25) is 0 Å². The van der Waals surface area contributed by atoms with E-state index in [2.05, 4.69) is 5.32 Å². The Kier molecular flexibility index (Phi) is 7.15. The SMILES string of the molecule is CC(C)(C)OC(=O)N(CCNCC(O)C(F)(F)F)C(C)(C)C. The molecule has 0 aliphatic heterocycles. The number of nitrogens with one attached hydrogen (secondary N) is 1. The van der Waals surface area contributed by atoms with E-state index in [4.69, 9.17) is 9.84 Å². The van der Waals surface area contributed by atoms with E-state index in [-0.39, 0.29) is 13.1 Å². The number of carbonyl (C=O) groups is 1. The van der Waals surface area contributed by atoms with Crippen LogP contribution in [-0.4, -0.2) is 59.2 Å². The fourth-order valence-electron chi connectivity index (χ4n) is 1.56. The van der Waals surface area contributed by atoms with Crippen LogP contribution in [0.1, 0.15) is 41.5 Å². The second-order valence-corrected chi connectivity index (χ2v) is 7.06. The largest absolute Gasteiger partial charge is 0.444 e. The summed E-state index contributed by atoms with van der Waals surface area (Å²) in [6.45, 7) is 10.3. The van der Waals surface area contributed by atoms with Gasteiger partial charge in [-0.15, -0.1) is 0 Å². The minimum absolute atomic E-state index is 0.115. The molecule has 0 saturated carbocycles. The van der Waals surface area contributed by atoms with Gasteiger partial charge in [-0.05, 0) is 41.5 Å². The van der Waals surface area contributed by atoms with Crippen molar-refractivity contribution < 1.29 is 27.8 Å². The zero-order chi connectivity index (χ0) is 17.8. The first-order chi connectivity index (χ1) is 9.64. The van der Waals surface area contributed by atoms with E-state index >= 15 is 0 Å². The molecule has 0 bridgehead atoms. The van der Waals surface area contributed by atoms with Crippen LogP contribution in [0.4, 0.5) is 18.0 Å². The predicted molar refractivity (Wildman–Crippen MR) is 77.6 cm³/mol. The van der Waals surface area contributed by atoms with Crippen molar-refractivity contribution in [2.24, 2.45) is 0 Å². The molecular formula is C14H27F3N2O3. The number of halogens is 3. The van der Waals surface area contributed by atoms with Crippen LogP contribution in [0.3, 0.4) is 0 Å². The molecule has 132 valence electrons. The Morgan fingerprint density at radius 2 is 1.68 bits per heavy atom. The summed E-state index contributed by atoms with van der Waals surface area (Å²) in [4.78, 5) is 13.6. The Hall–Kier alpha value is -1.02. The molecule has 0 aromatic heterocycles. The van der Waals surface area contributed by atoms with Crippen LogP contribution in [0.5, 0.6) is 0 Å². The summed E-state index contributed by atoms with van der Waals surface area (Å²) < 4.78 is 41.8. The number of amides is 1. The van der Waals surface area contributed by atoms with Crippen molar-refractivity contribution in [2.75, 3.05) is 19.6 Å². The third-order valence-electron chi connectivity index (χ3n) is 2.65. The molecule has 0 aliphatic carbocycles. The first kappa shape index (κ1) is 21.0. The van der Waals surface area contributed by atoms with Gasteiger partial charge in [0.1, 0.15) is 5.60 Å². The number of nitrogens with zero attached hydrogens (tertiary/aromatic N) is 1. The van der Waals surface area contributed by atoms with E-state index in [1.54, 1.807) is 20.8 Å². The maximum atomic E-state index is 12.2. The van der Waals surface area contributed by atoms with Crippen molar-refractivity contribution in [3.05, 3.63) is 0 Å². The summed E-state index contributed by atoms with van der Waals surface area (Å²) in [5.41, 5.74) is -1.19. The van der Waals surface area contributed by atoms with E-state index in [1.807, 2.05) is 20.8 Å². The highest BCUT2D eigenvalue weighted by molar-refractivity contribution is 5.69. The molecular weight excluding hydrogens is 301 g/mol. The second-order valence-electron chi connectivity index (χ2n) is 7.06. The highest BCUT2D eigenvalue weighted by Crippen LogP contribution is 2.20. The van der Waals surface area contributed by atoms with Gasteiger partial charge in [-0.3, -0.25) is 0 Å². The summed E-state index contributed by atoms with van der Waals surface area (Å²) in [6.07, 6.45) is -7.60. The Labute approximate surface area is 129 Å². The average molecular weight is 328 g/mol. The number of aliphatic hydroxyl groups excluding tert-OH is 1. The van der Waals surface area contributed by atoms with Crippen LogP contribution < -0.4 is 5.32 Å². The van der Waals surface area contributed by atoms with Gasteiger partial charge in [-0.1, -0.05) is 0 Å². The Balaban J connectivity index is 4.49. The van der Waals surface area contributed by atoms with Crippen molar-refractivity contribution in [3.63, 3.8) is 0 Å². The maximum Gasteiger partial charge on any atom is 0.415 e. The first-order valence-electron chi connectivity index (χ1n) is 7.10. The molecule has 5 nitrogen and oxygen atoms in total. The molecule has 1 atom stereocenters. The van der Waals surface area contributed by atoms with Crippen molar-refractivity contribution in [2.45, 2.75) is 65.0 Å². The van der Waals surface area contributed by atoms with E-state index in [0.29, 0.717) is 0 Å². The number of aliphatic hydroxyl groups is 1. The topological polar surface area (TPSA) is 61.8 Å². The molecule has 0 spiro atoms. The summed E-state index contributed by atoms with van der Waals surface area (Å²) in [7, 11) is 0. The lowest BCUT2D eigenvalue weighted by molar-refractivity contribution is -0.201. The maximum absolute atomic E-state index is 12.2. The quantitative estimate of drug-likeness (QED) is 0.762. The van der Waals surface area contributed by atoms with Crippen molar-refractivity contribution in [1.29, 1.82) is 0 Å². The molecule has 0 aromatic carbocycles. The third-order valence-corrected chi connectivity index (χ3v) is 2.65. The minimum Gasteiger partial charge on any atom is -0.444 e. The van der Waals surface area contributed by atoms with Crippen LogP contribution in [0, 0.1) is 0 Å². The summed E-state index contributed by atoms with van der Waals surface area (Å²) in [6, 6.07) is 0. The highest BCUT2D eigenvalue weighted by atomic mass is 19.4. The van der Waals surface area contributed by atoms with E-state index < -0.39 is 36.1 Å². The molecule has 0 aromatic rings. The molecule has 0 radical (unpaired) electrons. The normalized spacial score (nSPS) is 14.6. The van der Waals surface area contributed by atoms with Crippen molar-refractivity contribution in [1.82, 2.24) is 10.2 Å². The molecule has 0 fully saturated rings. The van der Waals surface area contributed by atoms with Gasteiger partial charge in [0.15, 0.2) is 6.10 Å². The van der Waals surface area contributed by atoms with Gasteiger partial charge in [-0.2, -0.15) is 13.2 Å². The lowest BCUT2D eigenvalue weighted by atomic mass is 10.1. The zero-order valence-electron chi connectivity index (χ0n) is 14.0. The second kappa shape index (κ2) is 7.50. The number of alkyl halides is 3. The lowest BCUT2D eigenvalue weighted by Gasteiger charge is -2.37. The Bertz CT molecular complexity index is 360. The van der Waals surface area contributed by atoms with Gasteiger partial charge in [0.2, 0.25) is 0 Å². The summed E-state index contributed by atoms with van der Waals surface area (Å²) >= 11 is 0. The molecule has 0 aliphatic rings. The van der Waals surface area contributed by atoms with Gasteiger partial charge < -0.3 is 20.1 Å². The number of hydrogen-bond donors (Lipinski definition) is 2. The summed E-state index contributed by atoms with van der Waals surface area (Å²) in [5, 5.41) is 11.4. The van der Waals surface area contributed by atoms with Gasteiger partial charge in [-0.25, -0.2) is 4.79 Å². The summed E-state index contributed by atoms with van der Waals surface area (Å²) in [5.74, 6) is 0. The molecule has 0 heterocycles. The first-order valence-corrected chi connectivity index (χ1v) is 7.10. The Morgan fingerprint density at radius 3 is 2.05 bits per heavy atom. The average Bonchev–Trinajstić information content (AvgIpc) is 2.22. The molecule has 1 unspecified atom stereocenters.